The normalized spacial score (nSPS) is 12.5. The van der Waals surface area contributed by atoms with Crippen LogP contribution in [0.15, 0.2) is 68.5 Å². The maximum absolute atomic E-state index is 4.81. The number of rotatable bonds is 4. The van der Waals surface area contributed by atoms with Gasteiger partial charge in [0.15, 0.2) is 0 Å². The first kappa shape index (κ1) is 17.9. The summed E-state index contributed by atoms with van der Waals surface area (Å²) in [7, 11) is 0. The molecule has 4 nitrogen and oxygen atoms in total. The Morgan fingerprint density at radius 3 is 2.70 bits per heavy atom. The van der Waals surface area contributed by atoms with Crippen LogP contribution in [0.4, 0.5) is 0 Å². The molecule has 2 heterocycles. The van der Waals surface area contributed by atoms with Crippen LogP contribution in [0, 0.1) is 6.92 Å². The lowest BCUT2D eigenvalue weighted by Crippen LogP contribution is -2.12. The summed E-state index contributed by atoms with van der Waals surface area (Å²) in [5, 5.41) is 8.10. The molecular weight excluding hydrogens is 420 g/mol. The Balaban J connectivity index is 1.84. The Morgan fingerprint density at radius 1 is 1.15 bits per heavy atom. The molecule has 0 atom stereocenters. The molecule has 0 fully saturated rings. The summed E-state index contributed by atoms with van der Waals surface area (Å²) in [4.78, 5) is 8.92. The molecule has 0 unspecified atom stereocenters. The standard InChI is InChI=1S/C21H19BrN4S/c1-3-23-21-26(20(13-27-21)15-8-10-16(22)11-9-15)24-12-18-14(2)25-19-7-5-4-6-17(18)19/h4-13,25H,3H2,1-2H3. The average molecular weight is 439 g/mol. The highest BCUT2D eigenvalue weighted by Gasteiger charge is 2.09. The number of para-hydroxylation sites is 1. The van der Waals surface area contributed by atoms with Crippen LogP contribution >= 0.6 is 27.3 Å². The minimum absolute atomic E-state index is 0.724. The molecule has 6 heteroatoms. The number of aryl methyl sites for hydroxylation is 1. The van der Waals surface area contributed by atoms with Crippen molar-refractivity contribution in [2.75, 3.05) is 6.54 Å². The van der Waals surface area contributed by atoms with E-state index in [-0.39, 0.29) is 0 Å². The highest BCUT2D eigenvalue weighted by Crippen LogP contribution is 2.23. The third-order valence-corrected chi connectivity index (χ3v) is 5.75. The predicted molar refractivity (Wildman–Crippen MR) is 118 cm³/mol. The molecule has 0 aliphatic rings. The fourth-order valence-electron chi connectivity index (χ4n) is 3.05. The Labute approximate surface area is 170 Å². The number of fused-ring (bicyclic) bond motifs is 1. The maximum Gasteiger partial charge on any atom is 0.206 e. The summed E-state index contributed by atoms with van der Waals surface area (Å²) >= 11 is 5.11. The van der Waals surface area contributed by atoms with E-state index in [1.807, 2.05) is 36.0 Å². The zero-order chi connectivity index (χ0) is 18.8. The number of nitrogens with zero attached hydrogens (tertiary/aromatic N) is 3. The van der Waals surface area contributed by atoms with Gasteiger partial charge in [-0.2, -0.15) is 5.10 Å². The summed E-state index contributed by atoms with van der Waals surface area (Å²) in [6.45, 7) is 4.84. The van der Waals surface area contributed by atoms with Crippen molar-refractivity contribution in [3.05, 3.63) is 74.4 Å². The third kappa shape index (κ3) is 3.55. The number of nitrogens with one attached hydrogen (secondary N) is 1. The van der Waals surface area contributed by atoms with Crippen LogP contribution in [-0.4, -0.2) is 22.4 Å². The molecule has 2 aromatic carbocycles. The first-order valence-electron chi connectivity index (χ1n) is 8.76. The van der Waals surface area contributed by atoms with E-state index in [9.17, 15) is 0 Å². The van der Waals surface area contributed by atoms with Gasteiger partial charge >= 0.3 is 0 Å². The lowest BCUT2D eigenvalue weighted by Gasteiger charge is -2.04. The second kappa shape index (κ2) is 7.66. The molecule has 1 N–H and O–H groups in total. The molecule has 0 saturated heterocycles. The molecular formula is C21H19BrN4S. The van der Waals surface area contributed by atoms with Gasteiger partial charge in [-0.05, 0) is 32.0 Å². The summed E-state index contributed by atoms with van der Waals surface area (Å²) in [6.07, 6.45) is 1.93. The molecule has 4 rings (SSSR count). The second-order valence-corrected chi connectivity index (χ2v) is 7.90. The first-order chi connectivity index (χ1) is 13.2. The fraction of sp³-hybridized carbons (Fsp3) is 0.143. The van der Waals surface area contributed by atoms with Crippen molar-refractivity contribution in [2.45, 2.75) is 13.8 Å². The Kier molecular flexibility index (Phi) is 5.09. The Morgan fingerprint density at radius 2 is 1.93 bits per heavy atom. The van der Waals surface area contributed by atoms with E-state index in [1.165, 1.54) is 5.39 Å². The van der Waals surface area contributed by atoms with Crippen molar-refractivity contribution in [2.24, 2.45) is 10.1 Å². The molecule has 0 radical (unpaired) electrons. The van der Waals surface area contributed by atoms with Crippen LogP contribution in [0.3, 0.4) is 0 Å². The van der Waals surface area contributed by atoms with Crippen LogP contribution in [-0.2, 0) is 0 Å². The van der Waals surface area contributed by atoms with Gasteiger partial charge in [0.2, 0.25) is 4.80 Å². The minimum atomic E-state index is 0.724. The van der Waals surface area contributed by atoms with E-state index in [0.29, 0.717) is 0 Å². The van der Waals surface area contributed by atoms with Gasteiger partial charge in [0.05, 0.1) is 11.9 Å². The van der Waals surface area contributed by atoms with E-state index < -0.39 is 0 Å². The second-order valence-electron chi connectivity index (χ2n) is 6.15. The topological polar surface area (TPSA) is 45.4 Å². The Bertz CT molecular complexity index is 1180. The van der Waals surface area contributed by atoms with Crippen molar-refractivity contribution < 1.29 is 0 Å². The fourth-order valence-corrected chi connectivity index (χ4v) is 4.22. The number of thiazole rings is 1. The molecule has 2 aromatic heterocycles. The van der Waals surface area contributed by atoms with Gasteiger partial charge in [0.1, 0.15) is 0 Å². The van der Waals surface area contributed by atoms with E-state index in [2.05, 4.69) is 68.5 Å². The number of benzene rings is 2. The molecule has 0 saturated carbocycles. The van der Waals surface area contributed by atoms with E-state index in [0.717, 1.165) is 43.9 Å². The van der Waals surface area contributed by atoms with Gasteiger partial charge in [-0.1, -0.05) is 46.3 Å². The van der Waals surface area contributed by atoms with Crippen LogP contribution < -0.4 is 4.80 Å². The Hall–Kier alpha value is -2.44. The minimum Gasteiger partial charge on any atom is -0.358 e. The van der Waals surface area contributed by atoms with Crippen molar-refractivity contribution >= 4 is 44.4 Å². The predicted octanol–water partition coefficient (Wildman–Crippen LogP) is 5.57. The van der Waals surface area contributed by atoms with Crippen molar-refractivity contribution in [1.82, 2.24) is 9.66 Å². The summed E-state index contributed by atoms with van der Waals surface area (Å²) in [6, 6.07) is 16.6. The molecule has 0 aliphatic heterocycles. The zero-order valence-corrected chi connectivity index (χ0v) is 17.5. The molecule has 4 aromatic rings. The van der Waals surface area contributed by atoms with E-state index in [1.54, 1.807) is 11.3 Å². The van der Waals surface area contributed by atoms with Gasteiger partial charge < -0.3 is 4.98 Å². The number of hydrogen-bond donors (Lipinski definition) is 1. The van der Waals surface area contributed by atoms with Crippen LogP contribution in [0.5, 0.6) is 0 Å². The van der Waals surface area contributed by atoms with Gasteiger partial charge in [-0.3, -0.25) is 4.99 Å². The number of H-pyrrole nitrogens is 1. The lowest BCUT2D eigenvalue weighted by molar-refractivity contribution is 0.833. The highest BCUT2D eigenvalue weighted by atomic mass is 79.9. The van der Waals surface area contributed by atoms with Crippen LogP contribution in [0.1, 0.15) is 18.2 Å². The van der Waals surface area contributed by atoms with Crippen LogP contribution in [0.2, 0.25) is 0 Å². The van der Waals surface area contributed by atoms with Gasteiger partial charge in [-0.15, -0.1) is 11.3 Å². The third-order valence-electron chi connectivity index (χ3n) is 4.36. The number of hydrogen-bond acceptors (Lipinski definition) is 3. The number of aromatic nitrogens is 2. The molecule has 0 amide bonds. The summed E-state index contributed by atoms with van der Waals surface area (Å²) in [5.41, 5.74) is 5.48. The smallest absolute Gasteiger partial charge is 0.206 e. The summed E-state index contributed by atoms with van der Waals surface area (Å²) in [5.74, 6) is 0. The lowest BCUT2D eigenvalue weighted by atomic mass is 10.1. The average Bonchev–Trinajstić information content (AvgIpc) is 3.21. The van der Waals surface area contributed by atoms with Crippen molar-refractivity contribution in [1.29, 1.82) is 0 Å². The van der Waals surface area contributed by atoms with Gasteiger partial charge in [0.25, 0.3) is 0 Å². The molecule has 136 valence electrons. The largest absolute Gasteiger partial charge is 0.358 e. The van der Waals surface area contributed by atoms with Crippen molar-refractivity contribution in [3.63, 3.8) is 0 Å². The molecule has 0 spiro atoms. The van der Waals surface area contributed by atoms with Gasteiger partial charge in [-0.25, -0.2) is 4.68 Å². The van der Waals surface area contributed by atoms with E-state index in [4.69, 9.17) is 5.10 Å². The van der Waals surface area contributed by atoms with Crippen molar-refractivity contribution in [3.8, 4) is 11.3 Å². The highest BCUT2D eigenvalue weighted by molar-refractivity contribution is 9.10. The quantitative estimate of drug-likeness (QED) is 0.404. The van der Waals surface area contributed by atoms with E-state index >= 15 is 0 Å². The van der Waals surface area contributed by atoms with Gasteiger partial charge in [0, 0.05) is 44.1 Å². The maximum atomic E-state index is 4.81. The molecule has 0 bridgehead atoms. The molecule has 0 aliphatic carbocycles. The van der Waals surface area contributed by atoms with Crippen LogP contribution in [0.25, 0.3) is 22.2 Å². The summed E-state index contributed by atoms with van der Waals surface area (Å²) < 4.78 is 2.99. The monoisotopic (exact) mass is 438 g/mol. The SMILES string of the molecule is CCN=c1scc(-c2ccc(Br)cc2)n1N=Cc1c(C)[nH]c2ccccc12. The first-order valence-corrected chi connectivity index (χ1v) is 10.4. The zero-order valence-electron chi connectivity index (χ0n) is 15.1. The molecule has 27 heavy (non-hydrogen) atoms. The number of halogens is 1. The number of aromatic amines is 1.